The summed E-state index contributed by atoms with van der Waals surface area (Å²) in [4.78, 5) is 7.80. The number of pyridine rings is 2. The van der Waals surface area contributed by atoms with E-state index < -0.39 is 0 Å². The predicted molar refractivity (Wildman–Crippen MR) is 64.0 cm³/mol. The van der Waals surface area contributed by atoms with E-state index in [1.54, 1.807) is 12.4 Å². The van der Waals surface area contributed by atoms with E-state index in [1.807, 2.05) is 12.1 Å². The highest BCUT2D eigenvalue weighted by atomic mass is 35.5. The Hall–Kier alpha value is -1.32. The third-order valence-corrected chi connectivity index (χ3v) is 2.55. The summed E-state index contributed by atoms with van der Waals surface area (Å²) in [5.41, 5.74) is 1.63. The molecule has 0 bridgehead atoms. The first-order valence-electron chi connectivity index (χ1n) is 4.63. The van der Waals surface area contributed by atoms with E-state index in [-0.39, 0.29) is 0 Å². The molecule has 0 atom stereocenters. The maximum Gasteiger partial charge on any atom is 0.0982 e. The van der Waals surface area contributed by atoms with E-state index in [0.717, 1.165) is 5.56 Å². The molecule has 0 N–H and O–H groups in total. The van der Waals surface area contributed by atoms with E-state index >= 15 is 0 Å². The summed E-state index contributed by atoms with van der Waals surface area (Å²) < 4.78 is 0. The van der Waals surface area contributed by atoms with Crippen LogP contribution in [0.5, 0.6) is 0 Å². The average Bonchev–Trinajstić information content (AvgIpc) is 2.30. The quantitative estimate of drug-likeness (QED) is 0.842. The minimum Gasteiger partial charge on any atom is -0.277 e. The third-order valence-electron chi connectivity index (χ3n) is 2.00. The lowest BCUT2D eigenvalue weighted by Crippen LogP contribution is -1.99. The highest BCUT2D eigenvalue weighted by molar-refractivity contribution is 6.38. The summed E-state index contributed by atoms with van der Waals surface area (Å²) in [6.45, 7) is 0.520. The van der Waals surface area contributed by atoms with Crippen LogP contribution in [0.15, 0.2) is 36.9 Å². The first-order valence-corrected chi connectivity index (χ1v) is 5.38. The molecule has 0 aliphatic heterocycles. The van der Waals surface area contributed by atoms with Gasteiger partial charge in [-0.1, -0.05) is 23.2 Å². The van der Waals surface area contributed by atoms with Gasteiger partial charge >= 0.3 is 0 Å². The van der Waals surface area contributed by atoms with Crippen LogP contribution in [0, 0.1) is 0 Å². The van der Waals surface area contributed by atoms with Gasteiger partial charge in [-0.3, -0.25) is 15.3 Å². The summed E-state index contributed by atoms with van der Waals surface area (Å²) in [6, 6.07) is 3.79. The van der Waals surface area contributed by atoms with Crippen LogP contribution in [0.1, 0.15) is 5.56 Å². The molecule has 2 heterocycles. The Bertz CT molecular complexity index is 454. The number of hydrogen-bond donors (Lipinski definition) is 0. The Morgan fingerprint density at radius 2 is 1.62 bits per heavy atom. The Morgan fingerprint density at radius 3 is 2.25 bits per heavy atom. The van der Waals surface area contributed by atoms with E-state index in [9.17, 15) is 0 Å². The number of rotatable bonds is 3. The molecule has 5 heteroatoms. The van der Waals surface area contributed by atoms with Crippen molar-refractivity contribution in [3.8, 4) is 0 Å². The fourth-order valence-electron chi connectivity index (χ4n) is 1.21. The van der Waals surface area contributed by atoms with Crippen LogP contribution < -0.4 is 5.32 Å². The van der Waals surface area contributed by atoms with Gasteiger partial charge in [-0.2, -0.15) is 0 Å². The Labute approximate surface area is 103 Å². The normalized spacial score (nSPS) is 10.1. The number of aromatic nitrogens is 2. The molecule has 0 unspecified atom stereocenters. The Kier molecular flexibility index (Phi) is 3.59. The van der Waals surface area contributed by atoms with Crippen LogP contribution >= 0.6 is 23.2 Å². The van der Waals surface area contributed by atoms with E-state index in [4.69, 9.17) is 23.2 Å². The first-order chi connectivity index (χ1) is 7.77. The molecule has 0 fully saturated rings. The van der Waals surface area contributed by atoms with Crippen LogP contribution in [0.25, 0.3) is 0 Å². The molecule has 0 aliphatic carbocycles. The van der Waals surface area contributed by atoms with Crippen LogP contribution in [0.4, 0.5) is 5.69 Å². The number of nitrogens with zero attached hydrogens (tertiary/aromatic N) is 3. The van der Waals surface area contributed by atoms with Crippen molar-refractivity contribution in [2.75, 3.05) is 0 Å². The topological polar surface area (TPSA) is 39.9 Å². The van der Waals surface area contributed by atoms with Gasteiger partial charge < -0.3 is 0 Å². The van der Waals surface area contributed by atoms with Gasteiger partial charge in [-0.05, 0) is 17.7 Å². The fourth-order valence-corrected chi connectivity index (χ4v) is 1.70. The van der Waals surface area contributed by atoms with Crippen LogP contribution in [0.2, 0.25) is 10.0 Å². The molecule has 81 valence electrons. The monoisotopic (exact) mass is 252 g/mol. The fraction of sp³-hybridized carbons (Fsp3) is 0.0909. The van der Waals surface area contributed by atoms with Crippen molar-refractivity contribution in [2.45, 2.75) is 6.54 Å². The largest absolute Gasteiger partial charge is 0.277 e. The molecule has 2 rings (SSSR count). The van der Waals surface area contributed by atoms with E-state index in [0.29, 0.717) is 22.3 Å². The number of hydrogen-bond acceptors (Lipinski definition) is 2. The third kappa shape index (κ3) is 2.62. The lowest BCUT2D eigenvalue weighted by Gasteiger charge is -2.06. The zero-order valence-corrected chi connectivity index (χ0v) is 9.78. The van der Waals surface area contributed by atoms with Crippen LogP contribution in [-0.4, -0.2) is 9.97 Å². The van der Waals surface area contributed by atoms with Crippen molar-refractivity contribution in [3.05, 3.63) is 52.5 Å². The molecule has 0 spiro atoms. The van der Waals surface area contributed by atoms with E-state index in [1.165, 1.54) is 12.4 Å². The highest BCUT2D eigenvalue weighted by Crippen LogP contribution is 2.29. The van der Waals surface area contributed by atoms with Gasteiger partial charge in [0.1, 0.15) is 0 Å². The minimum absolute atomic E-state index is 0.460. The summed E-state index contributed by atoms with van der Waals surface area (Å²) in [5.74, 6) is 0. The zero-order chi connectivity index (χ0) is 11.4. The molecule has 16 heavy (non-hydrogen) atoms. The van der Waals surface area contributed by atoms with Gasteiger partial charge in [0.05, 0.1) is 22.3 Å². The standard InChI is InChI=1S/C11H8Cl2N3/c12-9-6-15-7-10(13)11(9)16-5-8-1-3-14-4-2-8/h1-4,6-7H,5H2. The lowest BCUT2D eigenvalue weighted by molar-refractivity contribution is 0.859. The molecule has 1 radical (unpaired) electrons. The van der Waals surface area contributed by atoms with Gasteiger partial charge in [0.2, 0.25) is 0 Å². The molecule has 0 saturated heterocycles. The van der Waals surface area contributed by atoms with Crippen LogP contribution in [-0.2, 0) is 6.54 Å². The maximum atomic E-state index is 5.94. The smallest absolute Gasteiger partial charge is 0.0982 e. The summed E-state index contributed by atoms with van der Waals surface area (Å²) in [6.07, 6.45) is 6.50. The number of halogens is 2. The van der Waals surface area contributed by atoms with E-state index in [2.05, 4.69) is 15.3 Å². The minimum atomic E-state index is 0.460. The van der Waals surface area contributed by atoms with Crippen LogP contribution in [0.3, 0.4) is 0 Å². The second-order valence-corrected chi connectivity index (χ2v) is 3.94. The van der Waals surface area contributed by atoms with Gasteiger partial charge in [0, 0.05) is 24.8 Å². The van der Waals surface area contributed by atoms with Gasteiger partial charge in [0.15, 0.2) is 0 Å². The van der Waals surface area contributed by atoms with Crippen molar-refractivity contribution in [1.82, 2.24) is 15.3 Å². The van der Waals surface area contributed by atoms with Crippen molar-refractivity contribution in [1.29, 1.82) is 0 Å². The average molecular weight is 253 g/mol. The molecule has 0 saturated carbocycles. The Balaban J connectivity index is 2.11. The zero-order valence-electron chi connectivity index (χ0n) is 8.27. The van der Waals surface area contributed by atoms with Crippen molar-refractivity contribution in [3.63, 3.8) is 0 Å². The molecule has 2 aromatic heterocycles. The Morgan fingerprint density at radius 1 is 1.00 bits per heavy atom. The molecule has 0 aliphatic rings. The van der Waals surface area contributed by atoms with Gasteiger partial charge in [-0.15, -0.1) is 0 Å². The SMILES string of the molecule is Clc1cncc(Cl)c1[N]Cc1ccncc1. The van der Waals surface area contributed by atoms with Crippen molar-refractivity contribution >= 4 is 28.9 Å². The molecule has 0 amide bonds. The lowest BCUT2D eigenvalue weighted by atomic mass is 10.2. The summed E-state index contributed by atoms with van der Waals surface area (Å²) >= 11 is 11.9. The molecule has 0 aromatic carbocycles. The molecule has 3 nitrogen and oxygen atoms in total. The van der Waals surface area contributed by atoms with Gasteiger partial charge in [0.25, 0.3) is 0 Å². The predicted octanol–water partition coefficient (Wildman–Crippen LogP) is 3.22. The summed E-state index contributed by atoms with van der Waals surface area (Å²) in [7, 11) is 0. The van der Waals surface area contributed by atoms with Crippen molar-refractivity contribution < 1.29 is 0 Å². The second kappa shape index (κ2) is 5.14. The molecular formula is C11H8Cl2N3. The first kappa shape index (κ1) is 11.2. The highest BCUT2D eigenvalue weighted by Gasteiger charge is 2.06. The van der Waals surface area contributed by atoms with Gasteiger partial charge in [-0.25, -0.2) is 0 Å². The molecular weight excluding hydrogens is 245 g/mol. The summed E-state index contributed by atoms with van der Waals surface area (Å²) in [5, 5.41) is 5.26. The second-order valence-electron chi connectivity index (χ2n) is 3.12. The van der Waals surface area contributed by atoms with Crippen molar-refractivity contribution in [2.24, 2.45) is 0 Å². The molecule has 2 aromatic rings. The maximum absolute atomic E-state index is 5.94.